The van der Waals surface area contributed by atoms with Crippen LogP contribution in [-0.2, 0) is 16.1 Å². The summed E-state index contributed by atoms with van der Waals surface area (Å²) in [6, 6.07) is 9.47. The van der Waals surface area contributed by atoms with E-state index in [4.69, 9.17) is 9.47 Å². The van der Waals surface area contributed by atoms with E-state index in [0.29, 0.717) is 48.8 Å². The fraction of sp³-hybridized carbons (Fsp3) is 0.240. The Labute approximate surface area is 205 Å². The van der Waals surface area contributed by atoms with Crippen LogP contribution in [0.2, 0.25) is 0 Å². The van der Waals surface area contributed by atoms with Gasteiger partial charge in [-0.15, -0.1) is 0 Å². The van der Waals surface area contributed by atoms with Gasteiger partial charge in [-0.3, -0.25) is 19.7 Å². The van der Waals surface area contributed by atoms with Crippen LogP contribution in [-0.4, -0.2) is 55.9 Å². The van der Waals surface area contributed by atoms with E-state index in [2.05, 4.69) is 4.98 Å². The summed E-state index contributed by atoms with van der Waals surface area (Å²) >= 11 is 0. The average molecular weight is 490 g/mol. The molecule has 1 fully saturated rings. The topological polar surface area (TPSA) is 137 Å². The van der Waals surface area contributed by atoms with Crippen molar-refractivity contribution in [2.24, 2.45) is 0 Å². The highest BCUT2D eigenvalue weighted by molar-refractivity contribution is 6.46. The van der Waals surface area contributed by atoms with Crippen LogP contribution in [0.25, 0.3) is 5.76 Å². The molecule has 2 aliphatic heterocycles. The minimum Gasteiger partial charge on any atom is -0.507 e. The molecule has 0 radical (unpaired) electrons. The van der Waals surface area contributed by atoms with Crippen LogP contribution in [0, 0.1) is 10.1 Å². The van der Waals surface area contributed by atoms with E-state index in [-0.39, 0.29) is 23.6 Å². The van der Waals surface area contributed by atoms with E-state index >= 15 is 0 Å². The van der Waals surface area contributed by atoms with Crippen LogP contribution >= 0.6 is 0 Å². The highest BCUT2D eigenvalue weighted by Gasteiger charge is 2.46. The lowest BCUT2D eigenvalue weighted by Crippen LogP contribution is -2.31. The number of aryl methyl sites for hydroxylation is 1. The molecule has 0 unspecified atom stereocenters. The normalized spacial score (nSPS) is 18.4. The first-order chi connectivity index (χ1) is 17.4. The lowest BCUT2D eigenvalue weighted by atomic mass is 9.95. The number of Topliss-reactive ketones (excluding diaryl/α,β-unsaturated/α-hetero) is 1. The molecule has 3 aromatic rings. The minimum atomic E-state index is -0.915. The monoisotopic (exact) mass is 490 g/mol. The molecule has 184 valence electrons. The average Bonchev–Trinajstić information content (AvgIpc) is 3.50. The third-order valence-corrected chi connectivity index (χ3v) is 6.15. The number of nitro benzene ring substituents is 1. The standard InChI is InChI=1S/C25H22N4O7/c30-23(17-4-7-19-20(14-17)36-13-12-35-19)21-22(16-2-5-18(6-3-16)29(33)34)28(25(32)24(21)31)10-1-9-27-11-8-26-15-27/h2-8,11,14-15,22,30H,1,9-10,12-13H2/t22-/m1/s1. The van der Waals surface area contributed by atoms with Crippen molar-refractivity contribution >= 4 is 23.1 Å². The maximum absolute atomic E-state index is 13.2. The zero-order chi connectivity index (χ0) is 25.2. The summed E-state index contributed by atoms with van der Waals surface area (Å²) in [6.07, 6.45) is 5.63. The van der Waals surface area contributed by atoms with Crippen LogP contribution in [0.5, 0.6) is 11.5 Å². The van der Waals surface area contributed by atoms with E-state index in [0.717, 1.165) is 0 Å². The first-order valence-corrected chi connectivity index (χ1v) is 11.3. The fourth-order valence-electron chi connectivity index (χ4n) is 4.42. The molecule has 1 atom stereocenters. The largest absolute Gasteiger partial charge is 0.507 e. The van der Waals surface area contributed by atoms with Crippen molar-refractivity contribution in [1.29, 1.82) is 0 Å². The molecule has 11 heteroatoms. The van der Waals surface area contributed by atoms with Gasteiger partial charge in [-0.2, -0.15) is 0 Å². The van der Waals surface area contributed by atoms with Crippen molar-refractivity contribution in [2.75, 3.05) is 19.8 Å². The summed E-state index contributed by atoms with van der Waals surface area (Å²) in [5, 5.41) is 22.4. The number of ether oxygens (including phenoxy) is 2. The molecule has 1 N–H and O–H groups in total. The van der Waals surface area contributed by atoms with Crippen molar-refractivity contribution < 1.29 is 29.1 Å². The Bertz CT molecular complexity index is 1350. The summed E-state index contributed by atoms with van der Waals surface area (Å²) in [6.45, 7) is 1.55. The number of aromatic nitrogens is 2. The number of aliphatic hydroxyl groups is 1. The van der Waals surface area contributed by atoms with E-state index in [1.54, 1.807) is 36.9 Å². The maximum Gasteiger partial charge on any atom is 0.295 e. The fourth-order valence-corrected chi connectivity index (χ4v) is 4.42. The number of non-ortho nitro benzene ring substituents is 1. The smallest absolute Gasteiger partial charge is 0.295 e. The predicted octanol–water partition coefficient (Wildman–Crippen LogP) is 3.07. The number of carbonyl (C=O) groups is 2. The number of likely N-dealkylation sites (tertiary alicyclic amines) is 1. The third kappa shape index (κ3) is 4.26. The van der Waals surface area contributed by atoms with Gasteiger partial charge in [0.2, 0.25) is 0 Å². The summed E-state index contributed by atoms with van der Waals surface area (Å²) < 4.78 is 13.0. The molecule has 2 aliphatic rings. The number of fused-ring (bicyclic) bond motifs is 1. The molecule has 1 aromatic heterocycles. The van der Waals surface area contributed by atoms with Gasteiger partial charge in [0.1, 0.15) is 19.0 Å². The number of benzene rings is 2. The second-order valence-electron chi connectivity index (χ2n) is 8.35. The van der Waals surface area contributed by atoms with Crippen LogP contribution in [0.4, 0.5) is 5.69 Å². The number of imidazole rings is 1. The Morgan fingerprint density at radius 1 is 1.08 bits per heavy atom. The van der Waals surface area contributed by atoms with Crippen molar-refractivity contribution in [1.82, 2.24) is 14.5 Å². The van der Waals surface area contributed by atoms with Gasteiger partial charge in [0.25, 0.3) is 17.4 Å². The number of nitrogens with zero attached hydrogens (tertiary/aromatic N) is 4. The van der Waals surface area contributed by atoms with Gasteiger partial charge < -0.3 is 24.0 Å². The molecule has 5 rings (SSSR count). The van der Waals surface area contributed by atoms with Crippen molar-refractivity contribution in [3.63, 3.8) is 0 Å². The van der Waals surface area contributed by atoms with Gasteiger partial charge >= 0.3 is 0 Å². The van der Waals surface area contributed by atoms with Gasteiger partial charge in [-0.1, -0.05) is 0 Å². The van der Waals surface area contributed by atoms with Crippen LogP contribution in [0.1, 0.15) is 23.6 Å². The second-order valence-corrected chi connectivity index (χ2v) is 8.35. The quantitative estimate of drug-likeness (QED) is 0.175. The molecule has 1 saturated heterocycles. The van der Waals surface area contributed by atoms with Gasteiger partial charge in [-0.05, 0) is 42.3 Å². The molecule has 0 spiro atoms. The highest BCUT2D eigenvalue weighted by Crippen LogP contribution is 2.41. The van der Waals surface area contributed by atoms with E-state index in [9.17, 15) is 24.8 Å². The summed E-state index contributed by atoms with van der Waals surface area (Å²) in [5.74, 6) is -0.987. The van der Waals surface area contributed by atoms with Gasteiger partial charge in [0.15, 0.2) is 11.5 Å². The Kier molecular flexibility index (Phi) is 6.11. The molecular formula is C25H22N4O7. The number of aliphatic hydroxyl groups excluding tert-OH is 1. The number of amides is 1. The molecule has 0 bridgehead atoms. The summed E-state index contributed by atoms with van der Waals surface area (Å²) in [7, 11) is 0. The molecule has 0 saturated carbocycles. The number of nitro groups is 1. The van der Waals surface area contributed by atoms with E-state index < -0.39 is 22.7 Å². The van der Waals surface area contributed by atoms with Crippen molar-refractivity contribution in [3.05, 3.63) is 88.0 Å². The molecule has 2 aromatic carbocycles. The van der Waals surface area contributed by atoms with Crippen molar-refractivity contribution in [3.8, 4) is 11.5 Å². The Balaban J connectivity index is 1.54. The molecule has 11 nitrogen and oxygen atoms in total. The van der Waals surface area contributed by atoms with Crippen LogP contribution < -0.4 is 9.47 Å². The van der Waals surface area contributed by atoms with Crippen LogP contribution in [0.3, 0.4) is 0 Å². The molecule has 0 aliphatic carbocycles. The molecule has 3 heterocycles. The third-order valence-electron chi connectivity index (χ3n) is 6.15. The van der Waals surface area contributed by atoms with E-state index in [1.165, 1.54) is 29.2 Å². The van der Waals surface area contributed by atoms with Crippen LogP contribution in [0.15, 0.2) is 66.8 Å². The molecule has 36 heavy (non-hydrogen) atoms. The number of rotatable bonds is 7. The first-order valence-electron chi connectivity index (χ1n) is 11.3. The number of ketones is 1. The lowest BCUT2D eigenvalue weighted by Gasteiger charge is -2.25. The Morgan fingerprint density at radius 3 is 2.53 bits per heavy atom. The Hall–Kier alpha value is -4.67. The zero-order valence-electron chi connectivity index (χ0n) is 19.1. The zero-order valence-corrected chi connectivity index (χ0v) is 19.1. The summed E-state index contributed by atoms with van der Waals surface area (Å²) in [4.78, 5) is 42.3. The first kappa shape index (κ1) is 23.1. The van der Waals surface area contributed by atoms with Gasteiger partial charge in [0.05, 0.1) is 22.9 Å². The highest BCUT2D eigenvalue weighted by atomic mass is 16.6. The van der Waals surface area contributed by atoms with E-state index in [1.807, 2.05) is 4.57 Å². The number of hydrogen-bond acceptors (Lipinski definition) is 8. The number of carbonyl (C=O) groups excluding carboxylic acids is 2. The second kappa shape index (κ2) is 9.53. The SMILES string of the molecule is O=C1C(=O)N(CCCn2ccnc2)[C@H](c2ccc([N+](=O)[O-])cc2)C1=C(O)c1ccc2c(c1)OCCO2. The minimum absolute atomic E-state index is 0.0897. The van der Waals surface area contributed by atoms with Crippen molar-refractivity contribution in [2.45, 2.75) is 19.0 Å². The Morgan fingerprint density at radius 2 is 1.83 bits per heavy atom. The number of hydrogen-bond donors (Lipinski definition) is 1. The predicted molar refractivity (Wildman–Crippen MR) is 126 cm³/mol. The summed E-state index contributed by atoms with van der Waals surface area (Å²) in [5.41, 5.74) is 0.555. The molecular weight excluding hydrogens is 468 g/mol. The van der Waals surface area contributed by atoms with Gasteiger partial charge in [0, 0.05) is 43.2 Å². The van der Waals surface area contributed by atoms with Gasteiger partial charge in [-0.25, -0.2) is 4.98 Å². The lowest BCUT2D eigenvalue weighted by molar-refractivity contribution is -0.384. The maximum atomic E-state index is 13.2. The molecule has 1 amide bonds.